The van der Waals surface area contributed by atoms with E-state index in [1.54, 1.807) is 11.1 Å². The number of hydrogen-bond acceptors (Lipinski definition) is 4. The van der Waals surface area contributed by atoms with Crippen LogP contribution in [0.5, 0.6) is 0 Å². The minimum absolute atomic E-state index is 0.00339. The highest BCUT2D eigenvalue weighted by molar-refractivity contribution is 5.75. The van der Waals surface area contributed by atoms with Crippen LogP contribution in [-0.4, -0.2) is 40.2 Å². The Labute approximate surface area is 118 Å². The molecule has 110 valence electrons. The molecule has 0 radical (unpaired) electrons. The standard InChI is InChI=1S/C14H22N4O2/c1-3-17(4-2)14(20)10-18-13(19)7-12(9-16-18)15-8-11-5-6-11/h7,9,11,15H,3-6,8,10H2,1-2H3. The van der Waals surface area contributed by atoms with Crippen molar-refractivity contribution >= 4 is 11.6 Å². The van der Waals surface area contributed by atoms with Gasteiger partial charge >= 0.3 is 0 Å². The Morgan fingerprint density at radius 1 is 1.45 bits per heavy atom. The van der Waals surface area contributed by atoms with Gasteiger partial charge in [-0.1, -0.05) is 0 Å². The van der Waals surface area contributed by atoms with E-state index in [4.69, 9.17) is 0 Å². The van der Waals surface area contributed by atoms with Crippen LogP contribution in [0, 0.1) is 5.92 Å². The average Bonchev–Trinajstić information content (AvgIpc) is 3.25. The largest absolute Gasteiger partial charge is 0.383 e. The van der Waals surface area contributed by atoms with Crippen LogP contribution < -0.4 is 10.9 Å². The quantitative estimate of drug-likeness (QED) is 0.806. The molecule has 1 heterocycles. The molecule has 6 heteroatoms. The zero-order valence-electron chi connectivity index (χ0n) is 12.1. The van der Waals surface area contributed by atoms with E-state index in [0.29, 0.717) is 13.1 Å². The summed E-state index contributed by atoms with van der Waals surface area (Å²) < 4.78 is 1.21. The molecule has 1 saturated carbocycles. The van der Waals surface area contributed by atoms with Gasteiger partial charge in [0.15, 0.2) is 0 Å². The first-order valence-corrected chi connectivity index (χ1v) is 7.22. The van der Waals surface area contributed by atoms with E-state index >= 15 is 0 Å². The molecular weight excluding hydrogens is 256 g/mol. The van der Waals surface area contributed by atoms with Crippen molar-refractivity contribution in [2.45, 2.75) is 33.2 Å². The summed E-state index contributed by atoms with van der Waals surface area (Å²) in [6.45, 7) is 6.02. The fourth-order valence-corrected chi connectivity index (χ4v) is 2.04. The van der Waals surface area contributed by atoms with E-state index < -0.39 is 0 Å². The first-order valence-electron chi connectivity index (χ1n) is 7.22. The zero-order chi connectivity index (χ0) is 14.5. The number of likely N-dealkylation sites (N-methyl/N-ethyl adjacent to an activating group) is 1. The molecule has 2 rings (SSSR count). The third kappa shape index (κ3) is 3.82. The van der Waals surface area contributed by atoms with Crippen LogP contribution in [-0.2, 0) is 11.3 Å². The van der Waals surface area contributed by atoms with Crippen LogP contribution >= 0.6 is 0 Å². The number of rotatable bonds is 7. The molecule has 1 aliphatic rings. The Kier molecular flexibility index (Phi) is 4.76. The number of hydrogen-bond donors (Lipinski definition) is 1. The van der Waals surface area contributed by atoms with Crippen LogP contribution in [0.2, 0.25) is 0 Å². The van der Waals surface area contributed by atoms with E-state index in [-0.39, 0.29) is 18.0 Å². The highest BCUT2D eigenvalue weighted by atomic mass is 16.2. The second-order valence-corrected chi connectivity index (χ2v) is 5.13. The molecule has 1 aromatic rings. The van der Waals surface area contributed by atoms with Crippen LogP contribution in [0.1, 0.15) is 26.7 Å². The Bertz CT molecular complexity index is 518. The van der Waals surface area contributed by atoms with Crippen molar-refractivity contribution in [3.63, 3.8) is 0 Å². The van der Waals surface area contributed by atoms with Crippen LogP contribution in [0.15, 0.2) is 17.1 Å². The molecule has 1 N–H and O–H groups in total. The number of nitrogens with one attached hydrogen (secondary N) is 1. The third-order valence-electron chi connectivity index (χ3n) is 3.56. The lowest BCUT2D eigenvalue weighted by molar-refractivity contribution is -0.131. The van der Waals surface area contributed by atoms with Crippen LogP contribution in [0.25, 0.3) is 0 Å². The normalized spacial score (nSPS) is 14.1. The first-order chi connectivity index (χ1) is 9.63. The molecule has 6 nitrogen and oxygen atoms in total. The van der Waals surface area contributed by atoms with Crippen LogP contribution in [0.3, 0.4) is 0 Å². The topological polar surface area (TPSA) is 67.2 Å². The summed E-state index contributed by atoms with van der Waals surface area (Å²) in [6.07, 6.45) is 4.13. The van der Waals surface area contributed by atoms with E-state index in [1.807, 2.05) is 13.8 Å². The maximum Gasteiger partial charge on any atom is 0.269 e. The lowest BCUT2D eigenvalue weighted by Crippen LogP contribution is -2.37. The van der Waals surface area contributed by atoms with Gasteiger partial charge in [0, 0.05) is 25.7 Å². The number of amides is 1. The molecule has 20 heavy (non-hydrogen) atoms. The Morgan fingerprint density at radius 3 is 2.70 bits per heavy atom. The lowest BCUT2D eigenvalue weighted by atomic mass is 10.4. The summed E-state index contributed by atoms with van der Waals surface area (Å²) in [6, 6.07) is 1.50. The molecule has 0 spiro atoms. The minimum atomic E-state index is -0.244. The molecule has 0 saturated heterocycles. The van der Waals surface area contributed by atoms with E-state index in [9.17, 15) is 9.59 Å². The molecule has 1 fully saturated rings. The van der Waals surface area contributed by atoms with Crippen molar-refractivity contribution in [1.82, 2.24) is 14.7 Å². The number of aromatic nitrogens is 2. The van der Waals surface area contributed by atoms with Gasteiger partial charge in [0.05, 0.1) is 11.9 Å². The summed E-state index contributed by atoms with van der Waals surface area (Å²) >= 11 is 0. The SMILES string of the molecule is CCN(CC)C(=O)Cn1ncc(NCC2CC2)cc1=O. The minimum Gasteiger partial charge on any atom is -0.383 e. The zero-order valence-corrected chi connectivity index (χ0v) is 12.1. The van der Waals surface area contributed by atoms with E-state index in [1.165, 1.54) is 23.6 Å². The number of nitrogens with zero attached hydrogens (tertiary/aromatic N) is 3. The van der Waals surface area contributed by atoms with Gasteiger partial charge in [0.25, 0.3) is 5.56 Å². The Balaban J connectivity index is 1.97. The highest BCUT2D eigenvalue weighted by Gasteiger charge is 2.20. The summed E-state index contributed by atoms with van der Waals surface area (Å²) in [5.41, 5.74) is 0.486. The van der Waals surface area contributed by atoms with Gasteiger partial charge in [0.1, 0.15) is 6.54 Å². The fourth-order valence-electron chi connectivity index (χ4n) is 2.04. The summed E-state index contributed by atoms with van der Waals surface area (Å²) in [5.74, 6) is 0.657. The van der Waals surface area contributed by atoms with Crippen molar-refractivity contribution in [3.8, 4) is 0 Å². The second kappa shape index (κ2) is 6.54. The number of carbonyl (C=O) groups excluding carboxylic acids is 1. The van der Waals surface area contributed by atoms with Gasteiger partial charge in [-0.25, -0.2) is 4.68 Å². The maximum atomic E-state index is 11.9. The number of carbonyl (C=O) groups is 1. The molecule has 1 aromatic heterocycles. The van der Waals surface area contributed by atoms with E-state index in [0.717, 1.165) is 18.2 Å². The van der Waals surface area contributed by atoms with Gasteiger partial charge in [0.2, 0.25) is 5.91 Å². The summed E-state index contributed by atoms with van der Waals surface area (Å²) in [7, 11) is 0. The monoisotopic (exact) mass is 278 g/mol. The molecule has 0 aliphatic heterocycles. The third-order valence-corrected chi connectivity index (χ3v) is 3.56. The summed E-state index contributed by atoms with van der Waals surface area (Å²) in [5, 5.41) is 7.26. The highest BCUT2D eigenvalue weighted by Crippen LogP contribution is 2.28. The molecular formula is C14H22N4O2. The van der Waals surface area contributed by atoms with Crippen molar-refractivity contribution in [2.75, 3.05) is 25.0 Å². The van der Waals surface area contributed by atoms with Gasteiger partial charge in [-0.15, -0.1) is 0 Å². The van der Waals surface area contributed by atoms with Gasteiger partial charge < -0.3 is 10.2 Å². The van der Waals surface area contributed by atoms with Gasteiger partial charge in [-0.05, 0) is 32.6 Å². The lowest BCUT2D eigenvalue weighted by Gasteiger charge is -2.18. The maximum absolute atomic E-state index is 11.9. The predicted octanol–water partition coefficient (Wildman–Crippen LogP) is 0.934. The molecule has 0 bridgehead atoms. The van der Waals surface area contributed by atoms with E-state index in [2.05, 4.69) is 10.4 Å². The molecule has 0 atom stereocenters. The van der Waals surface area contributed by atoms with Crippen molar-refractivity contribution in [3.05, 3.63) is 22.6 Å². The average molecular weight is 278 g/mol. The van der Waals surface area contributed by atoms with Gasteiger partial charge in [-0.3, -0.25) is 9.59 Å². The molecule has 0 unspecified atom stereocenters. The van der Waals surface area contributed by atoms with Crippen molar-refractivity contribution < 1.29 is 4.79 Å². The number of anilines is 1. The van der Waals surface area contributed by atoms with Crippen molar-refractivity contribution in [2.24, 2.45) is 5.92 Å². The second-order valence-electron chi connectivity index (χ2n) is 5.13. The predicted molar refractivity (Wildman–Crippen MR) is 77.6 cm³/mol. The smallest absolute Gasteiger partial charge is 0.269 e. The Hall–Kier alpha value is -1.85. The van der Waals surface area contributed by atoms with Gasteiger partial charge in [-0.2, -0.15) is 5.10 Å². The Morgan fingerprint density at radius 2 is 2.15 bits per heavy atom. The summed E-state index contributed by atoms with van der Waals surface area (Å²) in [4.78, 5) is 25.6. The molecule has 1 amide bonds. The molecule has 0 aromatic carbocycles. The fraction of sp³-hybridized carbons (Fsp3) is 0.643. The first kappa shape index (κ1) is 14.6. The van der Waals surface area contributed by atoms with Crippen LogP contribution in [0.4, 0.5) is 5.69 Å². The van der Waals surface area contributed by atoms with Crippen molar-refractivity contribution in [1.29, 1.82) is 0 Å². The molecule has 1 aliphatic carbocycles.